The number of carbonyl (C=O) groups excluding carboxylic acids is 1. The lowest BCUT2D eigenvalue weighted by Gasteiger charge is -2.26. The molecule has 0 spiro atoms. The predicted molar refractivity (Wildman–Crippen MR) is 100 cm³/mol. The lowest BCUT2D eigenvalue weighted by atomic mass is 10.2. The first-order valence-electron chi connectivity index (χ1n) is 7.34. The zero-order chi connectivity index (χ0) is 18.2. The fourth-order valence-electron chi connectivity index (χ4n) is 2.15. The molecule has 0 fully saturated rings. The molecule has 0 aromatic carbocycles. The lowest BCUT2D eigenvalue weighted by Crippen LogP contribution is -2.37. The van der Waals surface area contributed by atoms with Crippen molar-refractivity contribution in [3.05, 3.63) is 39.2 Å². The maximum atomic E-state index is 12.8. The summed E-state index contributed by atoms with van der Waals surface area (Å²) in [7, 11) is 0. The van der Waals surface area contributed by atoms with E-state index < -0.39 is 11.7 Å². The Morgan fingerprint density at radius 1 is 1.48 bits per heavy atom. The van der Waals surface area contributed by atoms with E-state index in [-0.39, 0.29) is 11.8 Å². The SMILES string of the molecule is CC(C)(C)OC(=O)N(Cc1ccsn1)c1nc(Cl)nn2cc(Br)cc12. The highest BCUT2D eigenvalue weighted by Gasteiger charge is 2.27. The van der Waals surface area contributed by atoms with Crippen LogP contribution in [-0.2, 0) is 11.3 Å². The molecule has 10 heteroatoms. The zero-order valence-electron chi connectivity index (χ0n) is 13.7. The van der Waals surface area contributed by atoms with Gasteiger partial charge in [-0.3, -0.25) is 4.90 Å². The van der Waals surface area contributed by atoms with Gasteiger partial charge in [0.1, 0.15) is 11.1 Å². The van der Waals surface area contributed by atoms with Crippen molar-refractivity contribution in [3.8, 4) is 0 Å². The van der Waals surface area contributed by atoms with Crippen molar-refractivity contribution in [2.24, 2.45) is 0 Å². The maximum absolute atomic E-state index is 12.8. The van der Waals surface area contributed by atoms with Gasteiger partial charge in [-0.2, -0.15) is 9.36 Å². The van der Waals surface area contributed by atoms with Crippen molar-refractivity contribution in [1.29, 1.82) is 0 Å². The van der Waals surface area contributed by atoms with E-state index >= 15 is 0 Å². The molecule has 0 radical (unpaired) electrons. The van der Waals surface area contributed by atoms with E-state index in [0.717, 1.165) is 10.2 Å². The summed E-state index contributed by atoms with van der Waals surface area (Å²) in [5, 5.41) is 5.99. The summed E-state index contributed by atoms with van der Waals surface area (Å²) in [5.41, 5.74) is 0.708. The van der Waals surface area contributed by atoms with Gasteiger partial charge in [0.15, 0.2) is 5.82 Å². The molecule has 0 unspecified atom stereocenters. The van der Waals surface area contributed by atoms with Gasteiger partial charge in [-0.15, -0.1) is 5.10 Å². The van der Waals surface area contributed by atoms with Crippen LogP contribution in [0.15, 0.2) is 28.2 Å². The number of rotatable bonds is 3. The Balaban J connectivity index is 2.09. The third kappa shape index (κ3) is 4.28. The molecule has 3 rings (SSSR count). The van der Waals surface area contributed by atoms with E-state index in [2.05, 4.69) is 30.4 Å². The van der Waals surface area contributed by atoms with Crippen molar-refractivity contribution < 1.29 is 9.53 Å². The molecule has 0 bridgehead atoms. The van der Waals surface area contributed by atoms with Crippen LogP contribution >= 0.6 is 39.1 Å². The van der Waals surface area contributed by atoms with E-state index in [9.17, 15) is 4.79 Å². The van der Waals surface area contributed by atoms with Crippen LogP contribution in [0.3, 0.4) is 0 Å². The Labute approximate surface area is 161 Å². The molecule has 1 amide bonds. The van der Waals surface area contributed by atoms with E-state index in [4.69, 9.17) is 16.3 Å². The molecule has 0 aliphatic heterocycles. The van der Waals surface area contributed by atoms with E-state index in [1.54, 1.807) is 10.7 Å². The Bertz CT molecular complexity index is 907. The van der Waals surface area contributed by atoms with Crippen LogP contribution in [0.25, 0.3) is 5.52 Å². The minimum atomic E-state index is -0.646. The Morgan fingerprint density at radius 3 is 2.88 bits per heavy atom. The number of hydrogen-bond donors (Lipinski definition) is 0. The number of amides is 1. The third-order valence-electron chi connectivity index (χ3n) is 3.07. The first-order chi connectivity index (χ1) is 11.7. The first kappa shape index (κ1) is 18.1. The highest BCUT2D eigenvalue weighted by Crippen LogP contribution is 2.27. The second-order valence-electron chi connectivity index (χ2n) is 6.25. The minimum Gasteiger partial charge on any atom is -0.443 e. The zero-order valence-corrected chi connectivity index (χ0v) is 16.9. The maximum Gasteiger partial charge on any atom is 0.416 e. The summed E-state index contributed by atoms with van der Waals surface area (Å²) in [6, 6.07) is 3.65. The summed E-state index contributed by atoms with van der Waals surface area (Å²) in [6.07, 6.45) is 1.21. The quantitative estimate of drug-likeness (QED) is 0.593. The molecule has 132 valence electrons. The molecular weight excluding hydrogens is 430 g/mol. The number of halogens is 2. The number of carbonyl (C=O) groups is 1. The van der Waals surface area contributed by atoms with Crippen LogP contribution in [0.4, 0.5) is 10.6 Å². The van der Waals surface area contributed by atoms with E-state index in [0.29, 0.717) is 11.3 Å². The van der Waals surface area contributed by atoms with Gasteiger partial charge in [0, 0.05) is 16.0 Å². The lowest BCUT2D eigenvalue weighted by molar-refractivity contribution is 0.0576. The summed E-state index contributed by atoms with van der Waals surface area (Å²) in [4.78, 5) is 18.5. The van der Waals surface area contributed by atoms with Crippen LogP contribution in [0.1, 0.15) is 26.5 Å². The number of fused-ring (bicyclic) bond motifs is 1. The third-order valence-corrected chi connectivity index (χ3v) is 4.26. The molecule has 0 aliphatic rings. The van der Waals surface area contributed by atoms with Crippen LogP contribution in [0.2, 0.25) is 5.28 Å². The number of anilines is 1. The number of ether oxygens (including phenoxy) is 1. The summed E-state index contributed by atoms with van der Waals surface area (Å²) < 4.78 is 12.2. The number of aromatic nitrogens is 4. The highest BCUT2D eigenvalue weighted by atomic mass is 79.9. The molecular formula is C15H15BrClN5O2S. The minimum absolute atomic E-state index is 0.0254. The Morgan fingerprint density at radius 2 is 2.24 bits per heavy atom. The highest BCUT2D eigenvalue weighted by molar-refractivity contribution is 9.10. The molecule has 3 heterocycles. The second kappa shape index (κ2) is 6.89. The average molecular weight is 445 g/mol. The fraction of sp³-hybridized carbons (Fsp3) is 0.333. The largest absolute Gasteiger partial charge is 0.443 e. The van der Waals surface area contributed by atoms with Crippen LogP contribution in [-0.4, -0.2) is 30.7 Å². The van der Waals surface area contributed by atoms with Gasteiger partial charge in [-0.1, -0.05) is 0 Å². The second-order valence-corrected chi connectivity index (χ2v) is 8.17. The Kier molecular flexibility index (Phi) is 4.99. The van der Waals surface area contributed by atoms with Gasteiger partial charge >= 0.3 is 6.09 Å². The van der Waals surface area contributed by atoms with E-state index in [1.807, 2.05) is 38.3 Å². The summed E-state index contributed by atoms with van der Waals surface area (Å²) in [6.45, 7) is 5.64. The summed E-state index contributed by atoms with van der Waals surface area (Å²) in [5.74, 6) is 0.355. The van der Waals surface area contributed by atoms with Crippen LogP contribution in [0.5, 0.6) is 0 Å². The predicted octanol–water partition coefficient (Wildman–Crippen LogP) is 4.54. The monoisotopic (exact) mass is 443 g/mol. The van der Waals surface area contributed by atoms with Gasteiger partial charge in [-0.25, -0.2) is 9.31 Å². The van der Waals surface area contributed by atoms with Crippen molar-refractivity contribution in [1.82, 2.24) is 19.0 Å². The van der Waals surface area contributed by atoms with Crippen molar-refractivity contribution in [2.75, 3.05) is 4.90 Å². The van der Waals surface area contributed by atoms with Crippen molar-refractivity contribution >= 4 is 56.5 Å². The normalized spacial score (nSPS) is 11.7. The van der Waals surface area contributed by atoms with E-state index in [1.165, 1.54) is 16.4 Å². The van der Waals surface area contributed by atoms with Crippen LogP contribution in [0, 0.1) is 0 Å². The molecule has 25 heavy (non-hydrogen) atoms. The summed E-state index contributed by atoms with van der Waals surface area (Å²) >= 11 is 10.8. The molecule has 3 aromatic rings. The standard InChI is InChI=1S/C15H15BrClN5O2S/c1-15(2,3)24-14(23)21(8-10-4-5-25-20-10)12-11-6-9(16)7-22(11)19-13(17)18-12/h4-7H,8H2,1-3H3. The fourth-order valence-corrected chi connectivity index (χ4v) is 3.25. The Hall–Kier alpha value is -1.71. The molecule has 0 aliphatic carbocycles. The van der Waals surface area contributed by atoms with Crippen molar-refractivity contribution in [2.45, 2.75) is 32.9 Å². The molecule has 0 N–H and O–H groups in total. The van der Waals surface area contributed by atoms with Gasteiger partial charge in [0.05, 0.1) is 12.2 Å². The van der Waals surface area contributed by atoms with Gasteiger partial charge in [0.25, 0.3) is 0 Å². The number of nitrogens with zero attached hydrogens (tertiary/aromatic N) is 5. The number of hydrogen-bond acceptors (Lipinski definition) is 6. The molecule has 0 saturated carbocycles. The average Bonchev–Trinajstić information content (AvgIpc) is 3.10. The molecule has 0 saturated heterocycles. The first-order valence-corrected chi connectivity index (χ1v) is 9.35. The van der Waals surface area contributed by atoms with Gasteiger partial charge in [-0.05, 0) is 72.0 Å². The molecule has 0 atom stereocenters. The smallest absolute Gasteiger partial charge is 0.416 e. The van der Waals surface area contributed by atoms with Gasteiger partial charge in [0.2, 0.25) is 5.28 Å². The topological polar surface area (TPSA) is 72.6 Å². The van der Waals surface area contributed by atoms with Crippen LogP contribution < -0.4 is 4.90 Å². The molecule has 7 nitrogen and oxygen atoms in total. The molecule has 3 aromatic heterocycles. The van der Waals surface area contributed by atoms with Crippen molar-refractivity contribution in [3.63, 3.8) is 0 Å². The van der Waals surface area contributed by atoms with Gasteiger partial charge < -0.3 is 4.74 Å².